The fourth-order valence-electron chi connectivity index (χ4n) is 3.63. The van der Waals surface area contributed by atoms with E-state index in [1.807, 2.05) is 30.5 Å². The Kier molecular flexibility index (Phi) is 5.76. The highest BCUT2D eigenvalue weighted by molar-refractivity contribution is 6.05. The first-order valence-corrected chi connectivity index (χ1v) is 9.66. The largest absolute Gasteiger partial charge is 0.496 e. The molecular weight excluding hydrogens is 366 g/mol. The second-order valence-corrected chi connectivity index (χ2v) is 6.90. The highest BCUT2D eigenvalue weighted by Gasteiger charge is 2.28. The first-order valence-electron chi connectivity index (χ1n) is 9.66. The monoisotopic (exact) mass is 389 g/mol. The van der Waals surface area contributed by atoms with Crippen molar-refractivity contribution >= 4 is 11.7 Å². The Bertz CT molecular complexity index is 980. The van der Waals surface area contributed by atoms with Crippen LogP contribution in [-0.4, -0.2) is 39.4 Å². The van der Waals surface area contributed by atoms with Gasteiger partial charge in [-0.2, -0.15) is 0 Å². The summed E-state index contributed by atoms with van der Waals surface area (Å²) in [6.07, 6.45) is 5.57. The molecule has 1 aliphatic heterocycles. The molecule has 0 spiro atoms. The van der Waals surface area contributed by atoms with Gasteiger partial charge in [-0.15, -0.1) is 0 Å². The number of ether oxygens (including phenoxy) is 1. The summed E-state index contributed by atoms with van der Waals surface area (Å²) in [7, 11) is 1.55. The van der Waals surface area contributed by atoms with Gasteiger partial charge in [-0.25, -0.2) is 9.97 Å². The lowest BCUT2D eigenvalue weighted by atomic mass is 10.2. The van der Waals surface area contributed by atoms with Crippen LogP contribution in [-0.2, 0) is 6.54 Å². The topological polar surface area (TPSA) is 80.2 Å². The van der Waals surface area contributed by atoms with E-state index in [2.05, 4.69) is 25.2 Å². The quantitative estimate of drug-likeness (QED) is 0.695. The molecule has 1 fully saturated rings. The normalized spacial score (nSPS) is 16.5. The summed E-state index contributed by atoms with van der Waals surface area (Å²) in [6.45, 7) is 1.73. The molecule has 29 heavy (non-hydrogen) atoms. The van der Waals surface area contributed by atoms with Crippen LogP contribution in [0.25, 0.3) is 0 Å². The average molecular weight is 389 g/mol. The van der Waals surface area contributed by atoms with Crippen LogP contribution in [0.5, 0.6) is 5.75 Å². The van der Waals surface area contributed by atoms with Crippen molar-refractivity contribution in [3.8, 4) is 5.75 Å². The number of benzene rings is 1. The minimum Gasteiger partial charge on any atom is -0.496 e. The van der Waals surface area contributed by atoms with Gasteiger partial charge in [0, 0.05) is 18.9 Å². The van der Waals surface area contributed by atoms with Gasteiger partial charge in [0.25, 0.3) is 5.91 Å². The number of nitrogens with one attached hydrogen (secondary N) is 1. The zero-order valence-corrected chi connectivity index (χ0v) is 16.3. The molecule has 1 N–H and O–H groups in total. The number of aromatic nitrogens is 3. The first kappa shape index (κ1) is 19.0. The van der Waals surface area contributed by atoms with Gasteiger partial charge in [0.05, 0.1) is 24.4 Å². The third-order valence-electron chi connectivity index (χ3n) is 5.02. The number of hydrogen-bond donors (Lipinski definition) is 1. The lowest BCUT2D eigenvalue weighted by Gasteiger charge is -2.23. The van der Waals surface area contributed by atoms with Crippen molar-refractivity contribution in [3.05, 3.63) is 78.0 Å². The Labute approximate surface area is 169 Å². The maximum Gasteiger partial charge on any atom is 0.260 e. The molecule has 1 saturated heterocycles. The van der Waals surface area contributed by atoms with E-state index in [0.717, 1.165) is 37.4 Å². The third kappa shape index (κ3) is 4.41. The van der Waals surface area contributed by atoms with Crippen LogP contribution in [0.2, 0.25) is 0 Å². The molecule has 1 atom stereocenters. The molecule has 3 aromatic rings. The van der Waals surface area contributed by atoms with Crippen molar-refractivity contribution in [2.45, 2.75) is 25.4 Å². The van der Waals surface area contributed by atoms with Gasteiger partial charge in [-0.05, 0) is 49.7 Å². The smallest absolute Gasteiger partial charge is 0.260 e. The number of nitrogens with zero attached hydrogens (tertiary/aromatic N) is 4. The van der Waals surface area contributed by atoms with Crippen LogP contribution >= 0.6 is 0 Å². The SMILES string of the molecule is COc1ccccc1C(=O)Nc1ccnc(C2CCCN2Cc2ccccn2)n1. The minimum absolute atomic E-state index is 0.111. The van der Waals surface area contributed by atoms with Crippen molar-refractivity contribution < 1.29 is 9.53 Å². The van der Waals surface area contributed by atoms with Crippen LogP contribution in [0.15, 0.2) is 60.9 Å². The summed E-state index contributed by atoms with van der Waals surface area (Å²) in [5, 5.41) is 2.86. The van der Waals surface area contributed by atoms with E-state index in [0.29, 0.717) is 17.1 Å². The van der Waals surface area contributed by atoms with Crippen molar-refractivity contribution in [3.63, 3.8) is 0 Å². The molecule has 0 bridgehead atoms. The van der Waals surface area contributed by atoms with Crippen LogP contribution in [0, 0.1) is 0 Å². The number of rotatable bonds is 6. The Hall–Kier alpha value is -3.32. The summed E-state index contributed by atoms with van der Waals surface area (Å²) in [5.74, 6) is 1.47. The van der Waals surface area contributed by atoms with E-state index in [1.54, 1.807) is 37.6 Å². The van der Waals surface area contributed by atoms with Gasteiger partial charge in [-0.3, -0.25) is 14.7 Å². The predicted octanol–water partition coefficient (Wildman–Crippen LogP) is 3.47. The number of likely N-dealkylation sites (tertiary alicyclic amines) is 1. The van der Waals surface area contributed by atoms with Crippen molar-refractivity contribution in [2.24, 2.45) is 0 Å². The van der Waals surface area contributed by atoms with Crippen LogP contribution in [0.3, 0.4) is 0 Å². The first-order chi connectivity index (χ1) is 14.2. The summed E-state index contributed by atoms with van der Waals surface area (Å²) in [5.41, 5.74) is 1.49. The molecule has 0 saturated carbocycles. The van der Waals surface area contributed by atoms with E-state index in [1.165, 1.54) is 0 Å². The maximum absolute atomic E-state index is 12.7. The van der Waals surface area contributed by atoms with Crippen LogP contribution < -0.4 is 10.1 Å². The molecule has 3 heterocycles. The molecule has 0 aliphatic carbocycles. The fourth-order valence-corrected chi connectivity index (χ4v) is 3.63. The molecule has 1 amide bonds. The number of anilines is 1. The Morgan fingerprint density at radius 3 is 2.83 bits per heavy atom. The van der Waals surface area contributed by atoms with Crippen LogP contribution in [0.4, 0.5) is 5.82 Å². The van der Waals surface area contributed by atoms with Gasteiger partial charge in [0.2, 0.25) is 0 Å². The van der Waals surface area contributed by atoms with E-state index < -0.39 is 0 Å². The summed E-state index contributed by atoms with van der Waals surface area (Å²) >= 11 is 0. The highest BCUT2D eigenvalue weighted by Crippen LogP contribution is 2.31. The van der Waals surface area contributed by atoms with E-state index >= 15 is 0 Å². The molecule has 7 heteroatoms. The molecular formula is C22H23N5O2. The van der Waals surface area contributed by atoms with Crippen LogP contribution in [0.1, 0.15) is 40.8 Å². The number of carbonyl (C=O) groups excluding carboxylic acids is 1. The number of carbonyl (C=O) groups is 1. The van der Waals surface area contributed by atoms with Gasteiger partial charge < -0.3 is 10.1 Å². The molecule has 2 aromatic heterocycles. The summed E-state index contributed by atoms with van der Waals surface area (Å²) < 4.78 is 5.27. The van der Waals surface area contributed by atoms with E-state index in [4.69, 9.17) is 4.74 Å². The molecule has 1 unspecified atom stereocenters. The molecule has 4 rings (SSSR count). The van der Waals surface area contributed by atoms with Gasteiger partial charge in [0.15, 0.2) is 0 Å². The van der Waals surface area contributed by atoms with Gasteiger partial charge in [0.1, 0.15) is 17.4 Å². The van der Waals surface area contributed by atoms with Crippen molar-refractivity contribution in [2.75, 3.05) is 19.0 Å². The Morgan fingerprint density at radius 1 is 1.14 bits per heavy atom. The third-order valence-corrected chi connectivity index (χ3v) is 5.02. The number of para-hydroxylation sites is 1. The molecule has 148 valence electrons. The number of amides is 1. The second-order valence-electron chi connectivity index (χ2n) is 6.90. The maximum atomic E-state index is 12.7. The van der Waals surface area contributed by atoms with Crippen molar-refractivity contribution in [1.82, 2.24) is 19.9 Å². The predicted molar refractivity (Wildman–Crippen MR) is 110 cm³/mol. The Balaban J connectivity index is 1.50. The summed E-state index contributed by atoms with van der Waals surface area (Å²) in [6, 6.07) is 14.9. The average Bonchev–Trinajstić information content (AvgIpc) is 3.22. The second kappa shape index (κ2) is 8.79. The van der Waals surface area contributed by atoms with Gasteiger partial charge in [-0.1, -0.05) is 18.2 Å². The number of methoxy groups -OCH3 is 1. The summed E-state index contributed by atoms with van der Waals surface area (Å²) in [4.78, 5) is 28.5. The highest BCUT2D eigenvalue weighted by atomic mass is 16.5. The van der Waals surface area contributed by atoms with Gasteiger partial charge >= 0.3 is 0 Å². The molecule has 1 aliphatic rings. The zero-order chi connectivity index (χ0) is 20.1. The molecule has 0 radical (unpaired) electrons. The fraction of sp³-hybridized carbons (Fsp3) is 0.273. The zero-order valence-electron chi connectivity index (χ0n) is 16.3. The van der Waals surface area contributed by atoms with Crippen molar-refractivity contribution in [1.29, 1.82) is 0 Å². The molecule has 7 nitrogen and oxygen atoms in total. The van der Waals surface area contributed by atoms with E-state index in [-0.39, 0.29) is 11.9 Å². The lowest BCUT2D eigenvalue weighted by Crippen LogP contribution is -2.25. The minimum atomic E-state index is -0.260. The standard InChI is InChI=1S/C22H23N5O2/c1-29-19-10-3-2-8-17(19)22(28)26-20-11-13-24-21(25-20)18-9-6-14-27(18)15-16-7-4-5-12-23-16/h2-5,7-8,10-13,18H,6,9,14-15H2,1H3,(H,24,25,26,28). The number of hydrogen-bond acceptors (Lipinski definition) is 6. The molecule has 1 aromatic carbocycles. The van der Waals surface area contributed by atoms with E-state index in [9.17, 15) is 4.79 Å². The Morgan fingerprint density at radius 2 is 2.00 bits per heavy atom. The number of pyridine rings is 1. The lowest BCUT2D eigenvalue weighted by molar-refractivity contribution is 0.102.